The highest BCUT2D eigenvalue weighted by Gasteiger charge is 2.31. The summed E-state index contributed by atoms with van der Waals surface area (Å²) in [7, 11) is 0. The molecule has 1 N–H and O–H groups in total. The molecule has 0 amide bonds. The lowest BCUT2D eigenvalue weighted by atomic mass is 10.2. The number of nitrogens with zero attached hydrogens (tertiary/aromatic N) is 1. The van der Waals surface area contributed by atoms with Gasteiger partial charge in [0.25, 0.3) is 0 Å². The highest BCUT2D eigenvalue weighted by molar-refractivity contribution is 5.90. The van der Waals surface area contributed by atoms with Crippen molar-refractivity contribution >= 4 is 16.9 Å². The van der Waals surface area contributed by atoms with E-state index in [1.54, 1.807) is 0 Å². The third-order valence-corrected chi connectivity index (χ3v) is 2.11. The van der Waals surface area contributed by atoms with Gasteiger partial charge in [-0.3, -0.25) is 0 Å². The first-order chi connectivity index (χ1) is 8.35. The highest BCUT2D eigenvalue weighted by Crippen LogP contribution is 2.25. The van der Waals surface area contributed by atoms with Gasteiger partial charge in [-0.1, -0.05) is 6.07 Å². The molecule has 1 aromatic heterocycles. The average molecular weight is 257 g/mol. The largest absolute Gasteiger partial charge is 0.573 e. The van der Waals surface area contributed by atoms with Crippen molar-refractivity contribution in [2.75, 3.05) is 0 Å². The summed E-state index contributed by atoms with van der Waals surface area (Å²) < 4.78 is 39.7. The molecule has 18 heavy (non-hydrogen) atoms. The van der Waals surface area contributed by atoms with Gasteiger partial charge < -0.3 is 9.84 Å². The molecule has 1 heterocycles. The number of aromatic nitrogens is 1. The molecule has 7 heteroatoms. The van der Waals surface area contributed by atoms with Crippen molar-refractivity contribution in [1.29, 1.82) is 0 Å². The van der Waals surface area contributed by atoms with Gasteiger partial charge in [0.2, 0.25) is 0 Å². The number of hydrogen-bond acceptors (Lipinski definition) is 3. The minimum Gasteiger partial charge on any atom is -0.477 e. The van der Waals surface area contributed by atoms with E-state index in [4.69, 9.17) is 5.11 Å². The molecule has 0 bridgehead atoms. The Morgan fingerprint density at radius 1 is 1.22 bits per heavy atom. The lowest BCUT2D eigenvalue weighted by Gasteiger charge is -2.09. The SMILES string of the molecule is O=C(O)c1ccc2cc(OC(F)(F)F)ccc2n1. The van der Waals surface area contributed by atoms with Crippen LogP contribution in [-0.2, 0) is 0 Å². The van der Waals surface area contributed by atoms with Crippen LogP contribution in [0.25, 0.3) is 10.9 Å². The molecule has 0 radical (unpaired) electrons. The Labute approximate surface area is 98.6 Å². The van der Waals surface area contributed by atoms with Crippen LogP contribution in [0.5, 0.6) is 5.75 Å². The van der Waals surface area contributed by atoms with E-state index in [0.717, 1.165) is 12.1 Å². The Morgan fingerprint density at radius 3 is 2.56 bits per heavy atom. The van der Waals surface area contributed by atoms with Crippen molar-refractivity contribution in [3.8, 4) is 5.75 Å². The van der Waals surface area contributed by atoms with Gasteiger partial charge >= 0.3 is 12.3 Å². The van der Waals surface area contributed by atoms with Crippen molar-refractivity contribution in [2.45, 2.75) is 6.36 Å². The number of hydrogen-bond donors (Lipinski definition) is 1. The van der Waals surface area contributed by atoms with Crippen LogP contribution in [0.3, 0.4) is 0 Å². The Bertz CT molecular complexity index is 610. The number of carbonyl (C=O) groups is 1. The van der Waals surface area contributed by atoms with Gasteiger partial charge in [-0.15, -0.1) is 13.2 Å². The van der Waals surface area contributed by atoms with E-state index >= 15 is 0 Å². The molecule has 0 saturated heterocycles. The fourth-order valence-electron chi connectivity index (χ4n) is 1.42. The van der Waals surface area contributed by atoms with E-state index in [0.29, 0.717) is 5.39 Å². The molecular weight excluding hydrogens is 251 g/mol. The first-order valence-corrected chi connectivity index (χ1v) is 4.75. The number of carboxylic acids is 1. The van der Waals surface area contributed by atoms with Gasteiger partial charge in [-0.05, 0) is 24.3 Å². The minimum absolute atomic E-state index is 0.174. The molecular formula is C11H6F3NO3. The van der Waals surface area contributed by atoms with E-state index in [-0.39, 0.29) is 17.0 Å². The molecule has 0 atom stereocenters. The van der Waals surface area contributed by atoms with Crippen molar-refractivity contribution in [3.63, 3.8) is 0 Å². The van der Waals surface area contributed by atoms with E-state index < -0.39 is 12.3 Å². The molecule has 0 aliphatic heterocycles. The zero-order chi connectivity index (χ0) is 13.3. The molecule has 2 aromatic rings. The Morgan fingerprint density at radius 2 is 1.94 bits per heavy atom. The summed E-state index contributed by atoms with van der Waals surface area (Å²) in [5.41, 5.74) is 0.108. The van der Waals surface area contributed by atoms with Gasteiger partial charge in [0.1, 0.15) is 11.4 Å². The lowest BCUT2D eigenvalue weighted by molar-refractivity contribution is -0.274. The number of fused-ring (bicyclic) bond motifs is 1. The Hall–Kier alpha value is -2.31. The molecule has 0 saturated carbocycles. The summed E-state index contributed by atoms with van der Waals surface area (Å²) in [6, 6.07) is 6.07. The second-order valence-electron chi connectivity index (χ2n) is 3.40. The van der Waals surface area contributed by atoms with Crippen LogP contribution in [-0.4, -0.2) is 22.4 Å². The van der Waals surface area contributed by atoms with Crippen LogP contribution in [0, 0.1) is 0 Å². The monoisotopic (exact) mass is 257 g/mol. The van der Waals surface area contributed by atoms with Crippen LogP contribution in [0.4, 0.5) is 13.2 Å². The number of rotatable bonds is 2. The van der Waals surface area contributed by atoms with Gasteiger partial charge in [-0.2, -0.15) is 0 Å². The number of benzene rings is 1. The first kappa shape index (κ1) is 12.2. The molecule has 0 spiro atoms. The predicted molar refractivity (Wildman–Crippen MR) is 55.4 cm³/mol. The van der Waals surface area contributed by atoms with E-state index in [1.165, 1.54) is 18.2 Å². The first-order valence-electron chi connectivity index (χ1n) is 4.75. The zero-order valence-corrected chi connectivity index (χ0v) is 8.73. The minimum atomic E-state index is -4.76. The van der Waals surface area contributed by atoms with Gasteiger partial charge in [0, 0.05) is 5.39 Å². The summed E-state index contributed by atoms with van der Waals surface area (Å²) in [6.07, 6.45) is -4.76. The quantitative estimate of drug-likeness (QED) is 0.898. The Balaban J connectivity index is 2.41. The number of carboxylic acid groups (broad SMARTS) is 1. The van der Waals surface area contributed by atoms with Crippen LogP contribution >= 0.6 is 0 Å². The molecule has 1 aromatic carbocycles. The summed E-state index contributed by atoms with van der Waals surface area (Å²) in [4.78, 5) is 14.4. The second kappa shape index (κ2) is 4.17. The summed E-state index contributed by atoms with van der Waals surface area (Å²) in [5, 5.41) is 9.08. The van der Waals surface area contributed by atoms with Gasteiger partial charge in [-0.25, -0.2) is 9.78 Å². The maximum atomic E-state index is 12.0. The van der Waals surface area contributed by atoms with Crippen molar-refractivity contribution in [2.24, 2.45) is 0 Å². The maximum absolute atomic E-state index is 12.0. The zero-order valence-electron chi connectivity index (χ0n) is 8.73. The van der Waals surface area contributed by atoms with Crippen LogP contribution < -0.4 is 4.74 Å². The van der Waals surface area contributed by atoms with Crippen molar-refractivity contribution < 1.29 is 27.8 Å². The number of aromatic carboxylic acids is 1. The molecule has 4 nitrogen and oxygen atoms in total. The average Bonchev–Trinajstić information content (AvgIpc) is 2.26. The predicted octanol–water partition coefficient (Wildman–Crippen LogP) is 2.83. The number of halogens is 3. The summed E-state index contributed by atoms with van der Waals surface area (Å²) in [5.74, 6) is -1.58. The number of alkyl halides is 3. The fraction of sp³-hybridized carbons (Fsp3) is 0.0909. The van der Waals surface area contributed by atoms with Crippen molar-refractivity contribution in [1.82, 2.24) is 4.98 Å². The highest BCUT2D eigenvalue weighted by atomic mass is 19.4. The summed E-state index contributed by atoms with van der Waals surface area (Å²) >= 11 is 0. The lowest BCUT2D eigenvalue weighted by Crippen LogP contribution is -2.17. The van der Waals surface area contributed by atoms with Crippen LogP contribution in [0.1, 0.15) is 10.5 Å². The molecule has 94 valence electrons. The van der Waals surface area contributed by atoms with Crippen molar-refractivity contribution in [3.05, 3.63) is 36.0 Å². The molecule has 0 unspecified atom stereocenters. The fourth-order valence-corrected chi connectivity index (χ4v) is 1.42. The standard InChI is InChI=1S/C11H6F3NO3/c12-11(13,14)18-7-2-4-8-6(5-7)1-3-9(15-8)10(16)17/h1-5H,(H,16,17). The molecule has 0 aliphatic rings. The third kappa shape index (κ3) is 2.68. The van der Waals surface area contributed by atoms with Gasteiger partial charge in [0.05, 0.1) is 5.52 Å². The van der Waals surface area contributed by atoms with E-state index in [1.807, 2.05) is 0 Å². The number of pyridine rings is 1. The topological polar surface area (TPSA) is 59.4 Å². The van der Waals surface area contributed by atoms with E-state index in [2.05, 4.69) is 9.72 Å². The second-order valence-corrected chi connectivity index (χ2v) is 3.40. The maximum Gasteiger partial charge on any atom is 0.573 e. The normalized spacial score (nSPS) is 11.5. The molecule has 0 fully saturated rings. The number of ether oxygens (including phenoxy) is 1. The van der Waals surface area contributed by atoms with Crippen LogP contribution in [0.15, 0.2) is 30.3 Å². The van der Waals surface area contributed by atoms with Gasteiger partial charge in [0.15, 0.2) is 0 Å². The third-order valence-electron chi connectivity index (χ3n) is 2.11. The van der Waals surface area contributed by atoms with E-state index in [9.17, 15) is 18.0 Å². The smallest absolute Gasteiger partial charge is 0.477 e. The summed E-state index contributed by atoms with van der Waals surface area (Å²) in [6.45, 7) is 0. The van der Waals surface area contributed by atoms with Crippen LogP contribution in [0.2, 0.25) is 0 Å². The molecule has 0 aliphatic carbocycles. The molecule has 2 rings (SSSR count). The Kier molecular flexibility index (Phi) is 2.82.